The molecule has 2 aromatic carbocycles. The lowest BCUT2D eigenvalue weighted by molar-refractivity contribution is -0.141. The highest BCUT2D eigenvalue weighted by atomic mass is 16.3. The summed E-state index contributed by atoms with van der Waals surface area (Å²) in [5.74, 6) is -1.06. The molecule has 2 amide bonds. The summed E-state index contributed by atoms with van der Waals surface area (Å²) in [5.41, 5.74) is 3.74. The zero-order chi connectivity index (χ0) is 19.9. The second-order valence-corrected chi connectivity index (χ2v) is 6.28. The Balaban J connectivity index is 2.22. The Morgan fingerprint density at radius 1 is 0.926 bits per heavy atom. The minimum absolute atomic E-state index is 0.337. The van der Waals surface area contributed by atoms with E-state index in [2.05, 4.69) is 10.9 Å². The normalized spacial score (nSPS) is 12.5. The van der Waals surface area contributed by atoms with Crippen molar-refractivity contribution in [3.8, 4) is 0 Å². The van der Waals surface area contributed by atoms with Crippen LogP contribution in [-0.4, -0.2) is 41.0 Å². The molecular weight excluding hydrogens is 342 g/mol. The number of likely N-dealkylation sites (N-methyl/N-ethyl adjacent to an activating group) is 1. The molecule has 0 saturated carbocycles. The minimum atomic E-state index is -1.92. The van der Waals surface area contributed by atoms with E-state index >= 15 is 0 Å². The molecule has 6 nitrogen and oxygen atoms in total. The molecule has 0 aliphatic heterocycles. The van der Waals surface area contributed by atoms with Crippen LogP contribution in [0.4, 0.5) is 0 Å². The predicted octanol–water partition coefficient (Wildman–Crippen LogP) is 1.80. The van der Waals surface area contributed by atoms with E-state index in [9.17, 15) is 14.7 Å². The number of hydrogen-bond acceptors (Lipinski definition) is 4. The molecule has 0 bridgehead atoms. The maximum absolute atomic E-state index is 12.9. The molecule has 1 atom stereocenters. The maximum Gasteiger partial charge on any atom is 0.279 e. The van der Waals surface area contributed by atoms with Crippen molar-refractivity contribution in [2.45, 2.75) is 32.4 Å². The summed E-state index contributed by atoms with van der Waals surface area (Å²) < 4.78 is 0. The average molecular weight is 369 g/mol. The van der Waals surface area contributed by atoms with Gasteiger partial charge in [0.25, 0.3) is 11.8 Å². The number of carbonyl (C=O) groups is 2. The van der Waals surface area contributed by atoms with Gasteiger partial charge >= 0.3 is 0 Å². The maximum atomic E-state index is 12.9. The molecule has 0 heterocycles. The van der Waals surface area contributed by atoms with E-state index in [-0.39, 0.29) is 5.91 Å². The Labute approximate surface area is 160 Å². The molecule has 2 aromatic rings. The third-order valence-electron chi connectivity index (χ3n) is 4.75. The van der Waals surface area contributed by atoms with Crippen LogP contribution in [0.25, 0.3) is 0 Å². The van der Waals surface area contributed by atoms with E-state index in [1.54, 1.807) is 67.6 Å². The highest BCUT2D eigenvalue weighted by Crippen LogP contribution is 2.29. The molecule has 2 rings (SSSR count). The van der Waals surface area contributed by atoms with Crippen molar-refractivity contribution < 1.29 is 14.7 Å². The van der Waals surface area contributed by atoms with Crippen LogP contribution in [0, 0.1) is 0 Å². The first-order valence-corrected chi connectivity index (χ1v) is 9.12. The van der Waals surface area contributed by atoms with Crippen molar-refractivity contribution >= 4 is 11.8 Å². The van der Waals surface area contributed by atoms with Gasteiger partial charge in [0.05, 0.1) is 6.04 Å². The number of hydrazine groups is 1. The fourth-order valence-corrected chi connectivity index (χ4v) is 3.04. The molecule has 0 aromatic heterocycles. The van der Waals surface area contributed by atoms with E-state index in [1.165, 1.54) is 0 Å². The van der Waals surface area contributed by atoms with E-state index in [1.807, 2.05) is 18.7 Å². The van der Waals surface area contributed by atoms with E-state index in [4.69, 9.17) is 0 Å². The number of carbonyl (C=O) groups excluding carboxylic acids is 2. The van der Waals surface area contributed by atoms with Gasteiger partial charge < -0.3 is 5.11 Å². The lowest BCUT2D eigenvalue weighted by Gasteiger charge is -2.29. The zero-order valence-electron chi connectivity index (χ0n) is 16.0. The van der Waals surface area contributed by atoms with Crippen molar-refractivity contribution in [1.82, 2.24) is 15.8 Å². The highest BCUT2D eigenvalue weighted by molar-refractivity contribution is 5.92. The van der Waals surface area contributed by atoms with Gasteiger partial charge in [-0.2, -0.15) is 0 Å². The molecule has 0 aliphatic rings. The van der Waals surface area contributed by atoms with Gasteiger partial charge in [0.2, 0.25) is 0 Å². The lowest BCUT2D eigenvalue weighted by atomic mass is 9.85. The van der Waals surface area contributed by atoms with Gasteiger partial charge in [0.1, 0.15) is 0 Å². The molecule has 0 spiro atoms. The van der Waals surface area contributed by atoms with Crippen LogP contribution >= 0.6 is 0 Å². The summed E-state index contributed by atoms with van der Waals surface area (Å²) >= 11 is 0. The zero-order valence-corrected chi connectivity index (χ0v) is 16.0. The molecular formula is C21H27N3O3. The Bertz CT molecular complexity index is 706. The molecule has 0 fully saturated rings. The number of benzene rings is 2. The quantitative estimate of drug-likeness (QED) is 0.650. The average Bonchev–Trinajstić information content (AvgIpc) is 2.73. The number of rotatable bonds is 7. The first-order valence-electron chi connectivity index (χ1n) is 9.12. The second kappa shape index (κ2) is 9.30. The van der Waals surface area contributed by atoms with Gasteiger partial charge in [-0.3, -0.25) is 25.3 Å². The fraction of sp³-hybridized carbons (Fsp3) is 0.333. The second-order valence-electron chi connectivity index (χ2n) is 6.28. The van der Waals surface area contributed by atoms with Gasteiger partial charge in [0, 0.05) is 0 Å². The van der Waals surface area contributed by atoms with Gasteiger partial charge in [-0.15, -0.1) is 0 Å². The first-order chi connectivity index (χ1) is 12.9. The van der Waals surface area contributed by atoms with E-state index in [0.717, 1.165) is 13.1 Å². The summed E-state index contributed by atoms with van der Waals surface area (Å²) in [4.78, 5) is 27.2. The molecule has 144 valence electrons. The topological polar surface area (TPSA) is 81.7 Å². The lowest BCUT2D eigenvalue weighted by Crippen LogP contribution is -2.56. The molecule has 1 unspecified atom stereocenters. The van der Waals surface area contributed by atoms with Gasteiger partial charge in [-0.1, -0.05) is 74.5 Å². The smallest absolute Gasteiger partial charge is 0.279 e. The number of aliphatic hydroxyl groups is 1. The van der Waals surface area contributed by atoms with Crippen molar-refractivity contribution in [2.24, 2.45) is 0 Å². The molecule has 0 saturated heterocycles. The summed E-state index contributed by atoms with van der Waals surface area (Å²) in [6, 6.07) is 16.9. The molecule has 27 heavy (non-hydrogen) atoms. The van der Waals surface area contributed by atoms with Crippen LogP contribution in [0.2, 0.25) is 0 Å². The third kappa shape index (κ3) is 4.53. The number of amides is 2. The number of nitrogens with one attached hydrogen (secondary N) is 2. The van der Waals surface area contributed by atoms with Crippen LogP contribution in [-0.2, 0) is 15.2 Å². The molecule has 6 heteroatoms. The number of nitrogens with zero attached hydrogens (tertiary/aromatic N) is 1. The molecule has 0 aliphatic carbocycles. The standard InChI is InChI=1S/C21H27N3O3/c1-4-24(5-2)16(3)19(25)22-23-20(26)21(27,17-12-8-6-9-13-17)18-14-10-7-11-15-18/h6-16,27H,4-5H2,1-3H3,(H,22,25)(H,23,26). The Morgan fingerprint density at radius 3 is 1.78 bits per heavy atom. The summed E-state index contributed by atoms with van der Waals surface area (Å²) in [6.07, 6.45) is 0. The Hall–Kier alpha value is -2.70. The molecule has 0 radical (unpaired) electrons. The minimum Gasteiger partial charge on any atom is -0.372 e. The first kappa shape index (κ1) is 20.6. The van der Waals surface area contributed by atoms with Crippen molar-refractivity contribution in [2.75, 3.05) is 13.1 Å². The van der Waals surface area contributed by atoms with Crippen LogP contribution in [0.3, 0.4) is 0 Å². The third-order valence-corrected chi connectivity index (χ3v) is 4.75. The van der Waals surface area contributed by atoms with Gasteiger partial charge in [0.15, 0.2) is 5.60 Å². The number of hydrogen-bond donors (Lipinski definition) is 3. The monoisotopic (exact) mass is 369 g/mol. The summed E-state index contributed by atoms with van der Waals surface area (Å²) in [7, 11) is 0. The Morgan fingerprint density at radius 2 is 1.37 bits per heavy atom. The predicted molar refractivity (Wildman–Crippen MR) is 105 cm³/mol. The van der Waals surface area contributed by atoms with Crippen molar-refractivity contribution in [1.29, 1.82) is 0 Å². The van der Waals surface area contributed by atoms with E-state index < -0.39 is 17.6 Å². The SMILES string of the molecule is CCN(CC)C(C)C(=O)NNC(=O)C(O)(c1ccccc1)c1ccccc1. The Kier molecular flexibility index (Phi) is 7.10. The van der Waals surface area contributed by atoms with Crippen LogP contribution in [0.5, 0.6) is 0 Å². The fourth-order valence-electron chi connectivity index (χ4n) is 3.04. The highest BCUT2D eigenvalue weighted by Gasteiger charge is 2.40. The van der Waals surface area contributed by atoms with Crippen molar-refractivity contribution in [3.05, 3.63) is 71.8 Å². The largest absolute Gasteiger partial charge is 0.372 e. The summed E-state index contributed by atoms with van der Waals surface area (Å²) in [6.45, 7) is 7.15. The van der Waals surface area contributed by atoms with Gasteiger partial charge in [-0.05, 0) is 31.1 Å². The van der Waals surface area contributed by atoms with Crippen molar-refractivity contribution in [3.63, 3.8) is 0 Å². The van der Waals surface area contributed by atoms with Crippen LogP contribution < -0.4 is 10.9 Å². The summed E-state index contributed by atoms with van der Waals surface area (Å²) in [5, 5.41) is 11.3. The van der Waals surface area contributed by atoms with Gasteiger partial charge in [-0.25, -0.2) is 0 Å². The molecule has 3 N–H and O–H groups in total. The van der Waals surface area contributed by atoms with Crippen LogP contribution in [0.1, 0.15) is 31.9 Å². The van der Waals surface area contributed by atoms with Crippen LogP contribution in [0.15, 0.2) is 60.7 Å². The van der Waals surface area contributed by atoms with E-state index in [0.29, 0.717) is 11.1 Å².